The highest BCUT2D eigenvalue weighted by Gasteiger charge is 2.41. The van der Waals surface area contributed by atoms with Gasteiger partial charge in [0.2, 0.25) is 0 Å². The van der Waals surface area contributed by atoms with E-state index < -0.39 is 12.2 Å². The van der Waals surface area contributed by atoms with Crippen LogP contribution >= 0.6 is 24.0 Å². The van der Waals surface area contributed by atoms with Gasteiger partial charge in [-0.25, -0.2) is 0 Å². The van der Waals surface area contributed by atoms with Crippen molar-refractivity contribution in [2.24, 2.45) is 4.99 Å². The van der Waals surface area contributed by atoms with Crippen LogP contribution in [0.3, 0.4) is 0 Å². The van der Waals surface area contributed by atoms with Crippen molar-refractivity contribution in [1.29, 1.82) is 0 Å². The highest BCUT2D eigenvalue weighted by Crippen LogP contribution is 2.25. The van der Waals surface area contributed by atoms with Crippen molar-refractivity contribution in [2.75, 3.05) is 46.9 Å². The minimum Gasteiger partial charge on any atom is -0.469 e. The van der Waals surface area contributed by atoms with Crippen LogP contribution < -0.4 is 5.32 Å². The van der Waals surface area contributed by atoms with Gasteiger partial charge in [-0.1, -0.05) is 0 Å². The number of guanidine groups is 1. The van der Waals surface area contributed by atoms with E-state index in [1.807, 2.05) is 4.90 Å². The van der Waals surface area contributed by atoms with Crippen LogP contribution in [0.4, 0.5) is 13.2 Å². The number of ether oxygens (including phenoxy) is 1. The smallest absolute Gasteiger partial charge is 0.403 e. The van der Waals surface area contributed by atoms with Gasteiger partial charge < -0.3 is 15.0 Å². The molecule has 0 aromatic heterocycles. The van der Waals surface area contributed by atoms with Crippen molar-refractivity contribution < 1.29 is 22.7 Å². The van der Waals surface area contributed by atoms with Gasteiger partial charge in [0.05, 0.1) is 7.11 Å². The Morgan fingerprint density at radius 1 is 1.24 bits per heavy atom. The summed E-state index contributed by atoms with van der Waals surface area (Å²) in [5.41, 5.74) is 0. The van der Waals surface area contributed by atoms with Gasteiger partial charge in [0, 0.05) is 46.2 Å². The Balaban J connectivity index is 0.00000576. The predicted molar refractivity (Wildman–Crippen MR) is 101 cm³/mol. The maximum absolute atomic E-state index is 12.8. The fourth-order valence-electron chi connectivity index (χ4n) is 2.56. The molecule has 0 spiro atoms. The molecule has 1 aliphatic heterocycles. The molecule has 0 radical (unpaired) electrons. The molecule has 0 aliphatic carbocycles. The Kier molecular flexibility index (Phi) is 11.4. The van der Waals surface area contributed by atoms with Crippen LogP contribution in [0.1, 0.15) is 26.2 Å². The maximum atomic E-state index is 12.8. The van der Waals surface area contributed by atoms with E-state index in [0.717, 1.165) is 6.42 Å². The summed E-state index contributed by atoms with van der Waals surface area (Å²) in [5.74, 6) is 0.460. The highest BCUT2D eigenvalue weighted by molar-refractivity contribution is 14.0. The lowest BCUT2D eigenvalue weighted by atomic mass is 10.2. The summed E-state index contributed by atoms with van der Waals surface area (Å²) >= 11 is 0. The summed E-state index contributed by atoms with van der Waals surface area (Å²) in [6.45, 7) is 3.56. The van der Waals surface area contributed by atoms with Crippen molar-refractivity contribution >= 4 is 35.9 Å². The largest absolute Gasteiger partial charge is 0.469 e. The lowest BCUT2D eigenvalue weighted by Crippen LogP contribution is -2.56. The van der Waals surface area contributed by atoms with Crippen LogP contribution in [0.2, 0.25) is 0 Å². The molecule has 1 heterocycles. The second kappa shape index (κ2) is 11.8. The summed E-state index contributed by atoms with van der Waals surface area (Å²) in [6.07, 6.45) is -2.31. The second-order valence-corrected chi connectivity index (χ2v) is 5.75. The minimum atomic E-state index is -4.19. The average molecular weight is 480 g/mol. The van der Waals surface area contributed by atoms with Gasteiger partial charge in [0.1, 0.15) is 6.04 Å². The number of esters is 1. The van der Waals surface area contributed by atoms with E-state index in [1.165, 1.54) is 18.9 Å². The van der Waals surface area contributed by atoms with Crippen molar-refractivity contribution in [3.8, 4) is 0 Å². The molecule has 0 aromatic rings. The molecule has 1 N–H and O–H groups in total. The van der Waals surface area contributed by atoms with E-state index in [9.17, 15) is 18.0 Å². The molecule has 25 heavy (non-hydrogen) atoms. The Hall–Kier alpha value is -0.780. The summed E-state index contributed by atoms with van der Waals surface area (Å²) in [4.78, 5) is 18.6. The number of methoxy groups -OCH3 is 1. The fraction of sp³-hybridized carbons (Fsp3) is 0.867. The van der Waals surface area contributed by atoms with Crippen LogP contribution in [-0.4, -0.2) is 80.8 Å². The Labute approximate surface area is 164 Å². The summed E-state index contributed by atoms with van der Waals surface area (Å²) in [5, 5.41) is 3.19. The first kappa shape index (κ1) is 24.2. The number of halogens is 4. The standard InChI is InChI=1S/C15H27F3N4O2.HI/c1-12(15(16,17)18)21-8-10-22(11-9-21)14(19-2)20-7-5-4-6-13(23)24-3;/h12H,4-11H2,1-3H3,(H,19,20);1H. The van der Waals surface area contributed by atoms with Crippen LogP contribution in [0.25, 0.3) is 0 Å². The van der Waals surface area contributed by atoms with E-state index >= 15 is 0 Å². The quantitative estimate of drug-likeness (QED) is 0.208. The first-order valence-corrected chi connectivity index (χ1v) is 8.12. The number of carbonyl (C=O) groups is 1. The fourth-order valence-corrected chi connectivity index (χ4v) is 2.56. The molecule has 0 saturated carbocycles. The molecular formula is C15H28F3IN4O2. The number of piperazine rings is 1. The zero-order chi connectivity index (χ0) is 18.2. The number of unbranched alkanes of at least 4 members (excludes halogenated alkanes) is 1. The third-order valence-electron chi connectivity index (χ3n) is 4.17. The molecule has 0 bridgehead atoms. The molecule has 0 amide bonds. The van der Waals surface area contributed by atoms with Gasteiger partial charge in [0.15, 0.2) is 5.96 Å². The summed E-state index contributed by atoms with van der Waals surface area (Å²) < 4.78 is 42.8. The van der Waals surface area contributed by atoms with Gasteiger partial charge in [0.25, 0.3) is 0 Å². The van der Waals surface area contributed by atoms with Crippen molar-refractivity contribution in [1.82, 2.24) is 15.1 Å². The van der Waals surface area contributed by atoms with E-state index in [1.54, 1.807) is 7.05 Å². The van der Waals surface area contributed by atoms with E-state index in [-0.39, 0.29) is 29.9 Å². The van der Waals surface area contributed by atoms with Crippen molar-refractivity contribution in [2.45, 2.75) is 38.4 Å². The third-order valence-corrected chi connectivity index (χ3v) is 4.17. The van der Waals surface area contributed by atoms with Crippen LogP contribution in [-0.2, 0) is 9.53 Å². The van der Waals surface area contributed by atoms with Gasteiger partial charge in [-0.05, 0) is 19.8 Å². The van der Waals surface area contributed by atoms with Crippen LogP contribution in [0.15, 0.2) is 4.99 Å². The predicted octanol–water partition coefficient (Wildman–Crippen LogP) is 2.09. The number of carbonyl (C=O) groups excluding carboxylic acids is 1. The van der Waals surface area contributed by atoms with Gasteiger partial charge in [-0.2, -0.15) is 13.2 Å². The third kappa shape index (κ3) is 8.43. The maximum Gasteiger partial charge on any atom is 0.403 e. The minimum absolute atomic E-state index is 0. The number of hydrogen-bond donors (Lipinski definition) is 1. The van der Waals surface area contributed by atoms with E-state index in [0.29, 0.717) is 51.5 Å². The van der Waals surface area contributed by atoms with Gasteiger partial charge in [-0.15, -0.1) is 24.0 Å². The molecular weight excluding hydrogens is 452 g/mol. The molecule has 6 nitrogen and oxygen atoms in total. The molecule has 0 aromatic carbocycles. The number of nitrogens with zero attached hydrogens (tertiary/aromatic N) is 3. The molecule has 1 aliphatic rings. The first-order chi connectivity index (χ1) is 11.3. The summed E-state index contributed by atoms with van der Waals surface area (Å²) in [7, 11) is 3.02. The topological polar surface area (TPSA) is 57.2 Å². The Bertz CT molecular complexity index is 427. The van der Waals surface area contributed by atoms with Crippen LogP contribution in [0.5, 0.6) is 0 Å². The monoisotopic (exact) mass is 480 g/mol. The number of nitrogens with one attached hydrogen (secondary N) is 1. The Morgan fingerprint density at radius 2 is 1.84 bits per heavy atom. The normalized spacial score (nSPS) is 17.7. The SMILES string of the molecule is CN=C(NCCCCC(=O)OC)N1CCN(C(C)C(F)(F)F)CC1.I. The second-order valence-electron chi connectivity index (χ2n) is 5.75. The number of alkyl halides is 3. The average Bonchev–Trinajstić information content (AvgIpc) is 2.56. The van der Waals surface area contributed by atoms with Crippen molar-refractivity contribution in [3.63, 3.8) is 0 Å². The number of aliphatic imine (C=N–C) groups is 1. The van der Waals surface area contributed by atoms with Crippen LogP contribution in [0, 0.1) is 0 Å². The van der Waals surface area contributed by atoms with Gasteiger partial charge in [-0.3, -0.25) is 14.7 Å². The molecule has 1 saturated heterocycles. The zero-order valence-corrected chi connectivity index (χ0v) is 17.3. The molecule has 1 fully saturated rings. The first-order valence-electron chi connectivity index (χ1n) is 8.12. The van der Waals surface area contributed by atoms with Crippen molar-refractivity contribution in [3.05, 3.63) is 0 Å². The van der Waals surface area contributed by atoms with E-state index in [2.05, 4.69) is 15.0 Å². The lowest BCUT2D eigenvalue weighted by molar-refractivity contribution is -0.181. The zero-order valence-electron chi connectivity index (χ0n) is 14.9. The number of rotatable bonds is 6. The molecule has 1 unspecified atom stereocenters. The molecule has 10 heteroatoms. The summed E-state index contributed by atoms with van der Waals surface area (Å²) in [6, 6.07) is -1.42. The van der Waals surface area contributed by atoms with E-state index in [4.69, 9.17) is 0 Å². The number of hydrogen-bond acceptors (Lipinski definition) is 4. The lowest BCUT2D eigenvalue weighted by Gasteiger charge is -2.39. The molecule has 1 rings (SSSR count). The van der Waals surface area contributed by atoms with Gasteiger partial charge >= 0.3 is 12.1 Å². The molecule has 148 valence electrons. The molecule has 1 atom stereocenters. The highest BCUT2D eigenvalue weighted by atomic mass is 127. The Morgan fingerprint density at radius 3 is 2.32 bits per heavy atom.